The zero-order chi connectivity index (χ0) is 18.0. The van der Waals surface area contributed by atoms with Gasteiger partial charge in [-0.25, -0.2) is 9.29 Å². The predicted molar refractivity (Wildman–Crippen MR) is 96.9 cm³/mol. The van der Waals surface area contributed by atoms with Crippen molar-refractivity contribution in [2.45, 2.75) is 6.92 Å². The second-order valence-electron chi connectivity index (χ2n) is 5.23. The number of para-hydroxylation sites is 1. The van der Waals surface area contributed by atoms with Gasteiger partial charge in [-0.2, -0.15) is 0 Å². The van der Waals surface area contributed by atoms with E-state index in [-0.39, 0.29) is 22.2 Å². The Balaban J connectivity index is 1.96. The molecule has 2 aromatic carbocycles. The van der Waals surface area contributed by atoms with E-state index < -0.39 is 11.7 Å². The molecule has 0 spiro atoms. The van der Waals surface area contributed by atoms with E-state index in [0.717, 1.165) is 4.90 Å². The highest BCUT2D eigenvalue weighted by atomic mass is 32.1. The van der Waals surface area contributed by atoms with Crippen LogP contribution in [0.1, 0.15) is 12.5 Å². The first-order chi connectivity index (χ1) is 12.0. The third kappa shape index (κ3) is 3.32. The molecule has 5 nitrogen and oxygen atoms in total. The number of benzene rings is 2. The number of nitrogens with zero attached hydrogens (tertiary/aromatic N) is 1. The van der Waals surface area contributed by atoms with Gasteiger partial charge in [-0.1, -0.05) is 12.1 Å². The zero-order valence-corrected chi connectivity index (χ0v) is 14.1. The number of thiocarbonyl (C=S) groups is 1. The molecule has 1 amide bonds. The van der Waals surface area contributed by atoms with E-state index in [0.29, 0.717) is 17.9 Å². The standard InChI is InChI=1S/C18H15FN2O3S/c1-2-24-12-7-8-16(22)11(9-12)10-14-17(23)21(18(25)20-14)15-6-4-3-5-13(15)19/h3-10,22H,2H2,1H3,(H,20,25). The fourth-order valence-electron chi connectivity index (χ4n) is 2.45. The molecule has 0 unspecified atom stereocenters. The first-order valence-electron chi connectivity index (χ1n) is 7.58. The van der Waals surface area contributed by atoms with Crippen LogP contribution in [0.5, 0.6) is 11.5 Å². The largest absolute Gasteiger partial charge is 0.507 e. The van der Waals surface area contributed by atoms with Crippen LogP contribution < -0.4 is 15.0 Å². The van der Waals surface area contributed by atoms with Crippen molar-refractivity contribution in [3.63, 3.8) is 0 Å². The lowest BCUT2D eigenvalue weighted by Crippen LogP contribution is -2.31. The van der Waals surface area contributed by atoms with E-state index in [1.165, 1.54) is 30.3 Å². The average molecular weight is 358 g/mol. The van der Waals surface area contributed by atoms with E-state index in [4.69, 9.17) is 17.0 Å². The van der Waals surface area contributed by atoms with Gasteiger partial charge in [0.2, 0.25) is 0 Å². The molecule has 1 aliphatic rings. The van der Waals surface area contributed by atoms with Crippen LogP contribution in [0, 0.1) is 5.82 Å². The molecule has 0 aliphatic carbocycles. The molecule has 0 atom stereocenters. The highest BCUT2D eigenvalue weighted by Crippen LogP contribution is 2.28. The number of rotatable bonds is 4. The van der Waals surface area contributed by atoms with Gasteiger partial charge in [0.05, 0.1) is 12.3 Å². The smallest absolute Gasteiger partial charge is 0.281 e. The van der Waals surface area contributed by atoms with Crippen LogP contribution in [0.25, 0.3) is 6.08 Å². The van der Waals surface area contributed by atoms with Gasteiger partial charge in [0.25, 0.3) is 5.91 Å². The first kappa shape index (κ1) is 16.9. The third-order valence-electron chi connectivity index (χ3n) is 3.58. The molecule has 128 valence electrons. The molecule has 0 saturated carbocycles. The van der Waals surface area contributed by atoms with E-state index >= 15 is 0 Å². The molecule has 0 aromatic heterocycles. The Kier molecular flexibility index (Phi) is 4.67. The Morgan fingerprint density at radius 1 is 1.32 bits per heavy atom. The summed E-state index contributed by atoms with van der Waals surface area (Å²) in [5, 5.41) is 12.8. The number of carbonyl (C=O) groups excluding carboxylic acids is 1. The fourth-order valence-corrected chi connectivity index (χ4v) is 2.74. The number of amides is 1. The lowest BCUT2D eigenvalue weighted by atomic mass is 10.1. The van der Waals surface area contributed by atoms with E-state index in [1.807, 2.05) is 6.92 Å². The van der Waals surface area contributed by atoms with Crippen LogP contribution in [0.3, 0.4) is 0 Å². The number of phenols is 1. The van der Waals surface area contributed by atoms with Crippen LogP contribution in [-0.2, 0) is 4.79 Å². The number of aromatic hydroxyl groups is 1. The molecule has 2 N–H and O–H groups in total. The predicted octanol–water partition coefficient (Wildman–Crippen LogP) is 3.19. The van der Waals surface area contributed by atoms with Gasteiger partial charge in [-0.15, -0.1) is 0 Å². The highest BCUT2D eigenvalue weighted by molar-refractivity contribution is 7.80. The molecular weight excluding hydrogens is 343 g/mol. The molecule has 1 saturated heterocycles. The van der Waals surface area contributed by atoms with E-state index in [9.17, 15) is 14.3 Å². The van der Waals surface area contributed by atoms with Crippen LogP contribution >= 0.6 is 12.2 Å². The number of halogens is 1. The van der Waals surface area contributed by atoms with Gasteiger partial charge >= 0.3 is 0 Å². The highest BCUT2D eigenvalue weighted by Gasteiger charge is 2.33. The van der Waals surface area contributed by atoms with Gasteiger partial charge < -0.3 is 15.2 Å². The molecular formula is C18H15FN2O3S. The minimum absolute atomic E-state index is 0.0131. The molecule has 0 bridgehead atoms. The van der Waals surface area contributed by atoms with Crippen LogP contribution in [0.4, 0.5) is 10.1 Å². The number of nitrogens with one attached hydrogen (secondary N) is 1. The average Bonchev–Trinajstić information content (AvgIpc) is 2.85. The number of ether oxygens (including phenoxy) is 1. The molecule has 2 aromatic rings. The number of phenolic OH excluding ortho intramolecular Hbond substituents is 1. The fraction of sp³-hybridized carbons (Fsp3) is 0.111. The molecule has 7 heteroatoms. The summed E-state index contributed by atoms with van der Waals surface area (Å²) in [7, 11) is 0. The summed E-state index contributed by atoms with van der Waals surface area (Å²) in [6.45, 7) is 2.32. The summed E-state index contributed by atoms with van der Waals surface area (Å²) in [6.07, 6.45) is 1.45. The molecule has 1 fully saturated rings. The Labute approximate surface area is 149 Å². The number of carbonyl (C=O) groups is 1. The summed E-state index contributed by atoms with van der Waals surface area (Å²) in [4.78, 5) is 13.7. The van der Waals surface area contributed by atoms with Crippen molar-refractivity contribution in [1.82, 2.24) is 5.32 Å². The summed E-state index contributed by atoms with van der Waals surface area (Å²) in [5.41, 5.74) is 0.595. The zero-order valence-electron chi connectivity index (χ0n) is 13.3. The Hall–Kier alpha value is -2.93. The Morgan fingerprint density at radius 2 is 2.08 bits per heavy atom. The maximum atomic E-state index is 14.0. The monoisotopic (exact) mass is 358 g/mol. The minimum atomic E-state index is -0.553. The van der Waals surface area contributed by atoms with Crippen molar-refractivity contribution < 1.29 is 19.0 Å². The van der Waals surface area contributed by atoms with Crippen LogP contribution in [0.15, 0.2) is 48.2 Å². The SMILES string of the molecule is CCOc1ccc(O)c(C=C2NC(=S)N(c3ccccc3F)C2=O)c1. The van der Waals surface area contributed by atoms with Crippen molar-refractivity contribution in [2.75, 3.05) is 11.5 Å². The van der Waals surface area contributed by atoms with Crippen LogP contribution in [0.2, 0.25) is 0 Å². The summed E-state index contributed by atoms with van der Waals surface area (Å²) in [6, 6.07) is 10.6. The normalized spacial score (nSPS) is 15.6. The van der Waals surface area contributed by atoms with Crippen molar-refractivity contribution in [1.29, 1.82) is 0 Å². The third-order valence-corrected chi connectivity index (χ3v) is 3.87. The number of hydrogen-bond donors (Lipinski definition) is 2. The molecule has 3 rings (SSSR count). The quantitative estimate of drug-likeness (QED) is 0.649. The van der Waals surface area contributed by atoms with E-state index in [1.54, 1.807) is 18.2 Å². The first-order valence-corrected chi connectivity index (χ1v) is 7.99. The topological polar surface area (TPSA) is 61.8 Å². The Morgan fingerprint density at radius 3 is 2.80 bits per heavy atom. The van der Waals surface area contributed by atoms with Gasteiger partial charge in [0, 0.05) is 5.56 Å². The number of hydrogen-bond acceptors (Lipinski definition) is 4. The minimum Gasteiger partial charge on any atom is -0.507 e. The second-order valence-corrected chi connectivity index (χ2v) is 5.62. The van der Waals surface area contributed by atoms with Crippen molar-refractivity contribution in [3.8, 4) is 11.5 Å². The number of anilines is 1. The van der Waals surface area contributed by atoms with Crippen molar-refractivity contribution in [2.24, 2.45) is 0 Å². The lowest BCUT2D eigenvalue weighted by molar-refractivity contribution is -0.113. The molecule has 25 heavy (non-hydrogen) atoms. The van der Waals surface area contributed by atoms with Gasteiger partial charge in [-0.3, -0.25) is 4.79 Å². The lowest BCUT2D eigenvalue weighted by Gasteiger charge is -2.14. The summed E-state index contributed by atoms with van der Waals surface area (Å²) < 4.78 is 19.4. The van der Waals surface area contributed by atoms with Gasteiger partial charge in [0.15, 0.2) is 5.11 Å². The van der Waals surface area contributed by atoms with Crippen LogP contribution in [-0.4, -0.2) is 22.7 Å². The maximum Gasteiger partial charge on any atom is 0.281 e. The molecule has 0 radical (unpaired) electrons. The van der Waals surface area contributed by atoms with Crippen molar-refractivity contribution >= 4 is 35.0 Å². The van der Waals surface area contributed by atoms with E-state index in [2.05, 4.69) is 5.32 Å². The van der Waals surface area contributed by atoms with Crippen molar-refractivity contribution in [3.05, 3.63) is 59.5 Å². The molecule has 1 aliphatic heterocycles. The maximum absolute atomic E-state index is 14.0. The van der Waals surface area contributed by atoms with Gasteiger partial charge in [0.1, 0.15) is 23.0 Å². The summed E-state index contributed by atoms with van der Waals surface area (Å²) >= 11 is 5.15. The van der Waals surface area contributed by atoms with Gasteiger partial charge in [-0.05, 0) is 55.5 Å². The Bertz CT molecular complexity index is 882. The molecule has 1 heterocycles. The second kappa shape index (κ2) is 6.90. The summed E-state index contributed by atoms with van der Waals surface area (Å²) in [5.74, 6) is -0.509.